The third kappa shape index (κ3) is 4.74. The largest absolute Gasteiger partial charge is 0.370 e. The van der Waals surface area contributed by atoms with Crippen LogP contribution >= 0.6 is 0 Å². The van der Waals surface area contributed by atoms with Crippen molar-refractivity contribution in [3.8, 4) is 0 Å². The number of benzene rings is 1. The number of nitrogens with zero attached hydrogens (tertiary/aromatic N) is 1. The molecular weight excluding hydrogens is 264 g/mol. The van der Waals surface area contributed by atoms with Gasteiger partial charge < -0.3 is 10.6 Å². The maximum atomic E-state index is 12.3. The van der Waals surface area contributed by atoms with Crippen LogP contribution in [0, 0.1) is 0 Å². The standard InChI is InChI=1S/C17H22N2O2/c18-16(20)11-10-15-9-5-13-19(17(15)21)12-4-8-14-6-2-1-3-7-14/h1-3,6-7,9H,4-5,8,10-13H2,(H2,18,20). The molecule has 0 radical (unpaired) electrons. The fourth-order valence-corrected chi connectivity index (χ4v) is 2.59. The number of hydrogen-bond donors (Lipinski definition) is 1. The smallest absolute Gasteiger partial charge is 0.249 e. The van der Waals surface area contributed by atoms with Gasteiger partial charge in [-0.15, -0.1) is 0 Å². The first-order chi connectivity index (χ1) is 10.2. The Bertz CT molecular complexity index is 523. The van der Waals surface area contributed by atoms with Gasteiger partial charge in [0.25, 0.3) is 0 Å². The third-order valence-electron chi connectivity index (χ3n) is 3.73. The molecule has 1 heterocycles. The minimum absolute atomic E-state index is 0.0653. The van der Waals surface area contributed by atoms with Crippen molar-refractivity contribution in [2.24, 2.45) is 5.73 Å². The van der Waals surface area contributed by atoms with E-state index in [0.717, 1.165) is 37.9 Å². The van der Waals surface area contributed by atoms with Crippen molar-refractivity contribution >= 4 is 11.8 Å². The average molecular weight is 286 g/mol. The van der Waals surface area contributed by atoms with Crippen LogP contribution in [0.3, 0.4) is 0 Å². The molecule has 1 aliphatic heterocycles. The highest BCUT2D eigenvalue weighted by atomic mass is 16.2. The van der Waals surface area contributed by atoms with Crippen molar-refractivity contribution in [2.75, 3.05) is 13.1 Å². The highest BCUT2D eigenvalue weighted by Gasteiger charge is 2.21. The molecule has 2 rings (SSSR count). The zero-order valence-corrected chi connectivity index (χ0v) is 12.3. The number of nitrogens with two attached hydrogens (primary N) is 1. The summed E-state index contributed by atoms with van der Waals surface area (Å²) in [6.45, 7) is 1.54. The molecule has 0 saturated heterocycles. The molecule has 0 fully saturated rings. The molecule has 0 atom stereocenters. The number of rotatable bonds is 7. The number of aryl methyl sites for hydroxylation is 1. The fraction of sp³-hybridized carbons (Fsp3) is 0.412. The lowest BCUT2D eigenvalue weighted by Crippen LogP contribution is -2.37. The fourth-order valence-electron chi connectivity index (χ4n) is 2.59. The van der Waals surface area contributed by atoms with E-state index in [0.29, 0.717) is 6.42 Å². The highest BCUT2D eigenvalue weighted by molar-refractivity contribution is 5.94. The first kappa shape index (κ1) is 15.3. The highest BCUT2D eigenvalue weighted by Crippen LogP contribution is 2.17. The van der Waals surface area contributed by atoms with Crippen LogP contribution < -0.4 is 5.73 Å². The lowest BCUT2D eigenvalue weighted by Gasteiger charge is -2.27. The predicted molar refractivity (Wildman–Crippen MR) is 82.5 cm³/mol. The van der Waals surface area contributed by atoms with E-state index in [4.69, 9.17) is 5.73 Å². The van der Waals surface area contributed by atoms with E-state index in [1.165, 1.54) is 5.56 Å². The van der Waals surface area contributed by atoms with Crippen LogP contribution in [-0.2, 0) is 16.0 Å². The second kappa shape index (κ2) is 7.62. The Morgan fingerprint density at radius 1 is 1.19 bits per heavy atom. The van der Waals surface area contributed by atoms with Crippen molar-refractivity contribution in [3.63, 3.8) is 0 Å². The quantitative estimate of drug-likeness (QED) is 0.833. The van der Waals surface area contributed by atoms with E-state index < -0.39 is 0 Å². The first-order valence-corrected chi connectivity index (χ1v) is 7.47. The van der Waals surface area contributed by atoms with E-state index in [9.17, 15) is 9.59 Å². The van der Waals surface area contributed by atoms with Gasteiger partial charge in [-0.1, -0.05) is 36.4 Å². The van der Waals surface area contributed by atoms with Gasteiger partial charge in [0, 0.05) is 25.1 Å². The van der Waals surface area contributed by atoms with Crippen LogP contribution in [0.2, 0.25) is 0 Å². The summed E-state index contributed by atoms with van der Waals surface area (Å²) >= 11 is 0. The lowest BCUT2D eigenvalue weighted by molar-refractivity contribution is -0.128. The maximum absolute atomic E-state index is 12.3. The number of carbonyl (C=O) groups is 2. The molecule has 4 nitrogen and oxygen atoms in total. The molecular formula is C17H22N2O2. The Morgan fingerprint density at radius 3 is 2.67 bits per heavy atom. The van der Waals surface area contributed by atoms with Crippen LogP contribution in [0.1, 0.15) is 31.2 Å². The Morgan fingerprint density at radius 2 is 1.95 bits per heavy atom. The van der Waals surface area contributed by atoms with E-state index in [2.05, 4.69) is 12.1 Å². The number of primary amides is 1. The molecule has 2 N–H and O–H groups in total. The molecule has 0 aromatic heterocycles. The molecule has 0 bridgehead atoms. The molecule has 4 heteroatoms. The molecule has 0 aliphatic carbocycles. The number of carbonyl (C=O) groups excluding carboxylic acids is 2. The normalized spacial score (nSPS) is 15.0. The van der Waals surface area contributed by atoms with Crippen molar-refractivity contribution in [3.05, 3.63) is 47.5 Å². The van der Waals surface area contributed by atoms with Gasteiger partial charge in [0.05, 0.1) is 0 Å². The van der Waals surface area contributed by atoms with Crippen molar-refractivity contribution in [2.45, 2.75) is 32.1 Å². The summed E-state index contributed by atoms with van der Waals surface area (Å²) < 4.78 is 0. The summed E-state index contributed by atoms with van der Waals surface area (Å²) in [7, 11) is 0. The Balaban J connectivity index is 1.80. The van der Waals surface area contributed by atoms with E-state index in [-0.39, 0.29) is 18.2 Å². The predicted octanol–water partition coefficient (Wildman–Crippen LogP) is 2.04. The summed E-state index contributed by atoms with van der Waals surface area (Å²) in [4.78, 5) is 25.0. The number of hydrogen-bond acceptors (Lipinski definition) is 2. The van der Waals surface area contributed by atoms with Crippen molar-refractivity contribution in [1.29, 1.82) is 0 Å². The third-order valence-corrected chi connectivity index (χ3v) is 3.73. The zero-order valence-electron chi connectivity index (χ0n) is 12.3. The average Bonchev–Trinajstić information content (AvgIpc) is 2.49. The van der Waals surface area contributed by atoms with Crippen LogP contribution in [-0.4, -0.2) is 29.8 Å². The maximum Gasteiger partial charge on any atom is 0.249 e. The van der Waals surface area contributed by atoms with Crippen LogP contribution in [0.5, 0.6) is 0 Å². The first-order valence-electron chi connectivity index (χ1n) is 7.47. The van der Waals surface area contributed by atoms with Gasteiger partial charge in [0.1, 0.15) is 0 Å². The van der Waals surface area contributed by atoms with Gasteiger partial charge in [-0.3, -0.25) is 9.59 Å². The molecule has 0 spiro atoms. The van der Waals surface area contributed by atoms with Crippen molar-refractivity contribution < 1.29 is 9.59 Å². The minimum atomic E-state index is -0.357. The molecule has 21 heavy (non-hydrogen) atoms. The van der Waals surface area contributed by atoms with Gasteiger partial charge in [0.2, 0.25) is 11.8 Å². The monoisotopic (exact) mass is 286 g/mol. The molecule has 112 valence electrons. The van der Waals surface area contributed by atoms with Gasteiger partial charge >= 0.3 is 0 Å². The lowest BCUT2D eigenvalue weighted by atomic mass is 10.0. The Labute approximate surface area is 125 Å². The minimum Gasteiger partial charge on any atom is -0.370 e. The number of amides is 2. The van der Waals surface area contributed by atoms with Crippen LogP contribution in [0.4, 0.5) is 0 Å². The molecule has 1 aromatic carbocycles. The summed E-state index contributed by atoms with van der Waals surface area (Å²) in [5, 5.41) is 0. The topological polar surface area (TPSA) is 63.4 Å². The summed E-state index contributed by atoms with van der Waals surface area (Å²) in [6.07, 6.45) is 5.45. The van der Waals surface area contributed by atoms with E-state index >= 15 is 0 Å². The van der Waals surface area contributed by atoms with Crippen molar-refractivity contribution in [1.82, 2.24) is 4.90 Å². The van der Waals surface area contributed by atoms with Crippen LogP contribution in [0.25, 0.3) is 0 Å². The molecule has 1 aromatic rings. The Hall–Kier alpha value is -2.10. The summed E-state index contributed by atoms with van der Waals surface area (Å²) in [5.74, 6) is -0.291. The van der Waals surface area contributed by atoms with Gasteiger partial charge in [-0.05, 0) is 31.2 Å². The molecule has 0 unspecified atom stereocenters. The van der Waals surface area contributed by atoms with Gasteiger partial charge in [-0.2, -0.15) is 0 Å². The van der Waals surface area contributed by atoms with E-state index in [1.54, 1.807) is 0 Å². The second-order valence-electron chi connectivity index (χ2n) is 5.37. The van der Waals surface area contributed by atoms with E-state index in [1.807, 2.05) is 29.2 Å². The van der Waals surface area contributed by atoms with Gasteiger partial charge in [0.15, 0.2) is 0 Å². The van der Waals surface area contributed by atoms with Gasteiger partial charge in [-0.25, -0.2) is 0 Å². The molecule has 1 aliphatic rings. The molecule has 0 saturated carbocycles. The summed E-state index contributed by atoms with van der Waals surface area (Å²) in [5.41, 5.74) is 7.18. The molecule has 2 amide bonds. The Kier molecular flexibility index (Phi) is 5.55. The SMILES string of the molecule is NC(=O)CCC1=CCCN(CCCc2ccccc2)C1=O. The summed E-state index contributed by atoms with van der Waals surface area (Å²) in [6, 6.07) is 10.3. The second-order valence-corrected chi connectivity index (χ2v) is 5.37. The van der Waals surface area contributed by atoms with Crippen LogP contribution in [0.15, 0.2) is 42.0 Å². The zero-order chi connectivity index (χ0) is 15.1.